The predicted octanol–water partition coefficient (Wildman–Crippen LogP) is 4.24. The van der Waals surface area contributed by atoms with E-state index in [2.05, 4.69) is 6.58 Å². The van der Waals surface area contributed by atoms with Crippen molar-refractivity contribution >= 4 is 18.0 Å². The van der Waals surface area contributed by atoms with E-state index in [1.165, 1.54) is 6.08 Å². The van der Waals surface area contributed by atoms with Gasteiger partial charge in [0.25, 0.3) is 0 Å². The highest BCUT2D eigenvalue weighted by Gasteiger charge is 2.24. The molecule has 5 heteroatoms. The Balaban J connectivity index is 1.74. The van der Waals surface area contributed by atoms with Crippen molar-refractivity contribution in [2.24, 2.45) is 0 Å². The molecular weight excluding hydrogens is 332 g/mol. The highest BCUT2D eigenvalue weighted by molar-refractivity contribution is 5.90. The van der Waals surface area contributed by atoms with Gasteiger partial charge in [0.2, 0.25) is 0 Å². The van der Waals surface area contributed by atoms with Gasteiger partial charge in [0.1, 0.15) is 6.10 Å². The molecule has 0 bridgehead atoms. The molecule has 1 fully saturated rings. The van der Waals surface area contributed by atoms with Gasteiger partial charge in [0.05, 0.1) is 11.7 Å². The van der Waals surface area contributed by atoms with Crippen LogP contribution in [0.3, 0.4) is 0 Å². The lowest BCUT2D eigenvalue weighted by Gasteiger charge is -2.28. The number of carbonyl (C=O) groups is 2. The summed E-state index contributed by atoms with van der Waals surface area (Å²) in [6.07, 6.45) is 10.0. The van der Waals surface area contributed by atoms with E-state index in [1.807, 2.05) is 6.08 Å². The van der Waals surface area contributed by atoms with E-state index in [0.29, 0.717) is 5.56 Å². The van der Waals surface area contributed by atoms with Gasteiger partial charge in [-0.15, -0.1) is 6.58 Å². The molecule has 0 radical (unpaired) electrons. The number of carbonyl (C=O) groups excluding carboxylic acids is 1. The number of carboxylic acids is 1. The van der Waals surface area contributed by atoms with Crippen molar-refractivity contribution in [2.45, 2.75) is 50.7 Å². The molecule has 0 saturated heterocycles. The lowest BCUT2D eigenvalue weighted by atomic mass is 9.95. The summed E-state index contributed by atoms with van der Waals surface area (Å²) in [6.45, 7) is 4.45. The van der Waals surface area contributed by atoms with Crippen molar-refractivity contribution in [3.8, 4) is 0 Å². The number of allylic oxidation sites excluding steroid dienone is 1. The molecule has 1 N–H and O–H groups in total. The van der Waals surface area contributed by atoms with E-state index in [0.717, 1.165) is 56.8 Å². The minimum atomic E-state index is -1.01. The van der Waals surface area contributed by atoms with Crippen molar-refractivity contribution in [3.05, 3.63) is 54.1 Å². The Morgan fingerprint density at radius 1 is 1.12 bits per heavy atom. The highest BCUT2D eigenvalue weighted by atomic mass is 16.5. The number of hydrogen-bond donors (Lipinski definition) is 1. The van der Waals surface area contributed by atoms with Crippen LogP contribution in [-0.2, 0) is 14.3 Å². The van der Waals surface area contributed by atoms with E-state index in [9.17, 15) is 9.59 Å². The fraction of sp³-hybridized carbons (Fsp3) is 0.429. The molecule has 0 heterocycles. The van der Waals surface area contributed by atoms with Crippen LogP contribution in [-0.4, -0.2) is 35.9 Å². The molecule has 1 aliphatic carbocycles. The third kappa shape index (κ3) is 6.84. The van der Waals surface area contributed by atoms with Crippen LogP contribution in [0, 0.1) is 0 Å². The van der Waals surface area contributed by atoms with E-state index < -0.39 is 5.97 Å². The Hall–Kier alpha value is -2.40. The molecule has 1 saturated carbocycles. The Kier molecular flexibility index (Phi) is 8.09. The summed E-state index contributed by atoms with van der Waals surface area (Å²) >= 11 is 0. The monoisotopic (exact) mass is 358 g/mol. The standard InChI is InChI=1S/C21H26O5/c1-2-3-4-15-25-18-10-12-19(13-11-18)26-21(24)17-8-5-16(6-9-17)7-14-20(22)23/h2,5-9,14,18-19H,1,3-4,10-13,15H2,(H,22,23)/b14-7+. The summed E-state index contributed by atoms with van der Waals surface area (Å²) < 4.78 is 11.4. The van der Waals surface area contributed by atoms with E-state index in [1.54, 1.807) is 24.3 Å². The van der Waals surface area contributed by atoms with E-state index in [4.69, 9.17) is 14.6 Å². The van der Waals surface area contributed by atoms with E-state index >= 15 is 0 Å². The second kappa shape index (κ2) is 10.6. The lowest BCUT2D eigenvalue weighted by Crippen LogP contribution is -2.28. The Labute approximate surface area is 154 Å². The Morgan fingerprint density at radius 2 is 1.77 bits per heavy atom. The summed E-state index contributed by atoms with van der Waals surface area (Å²) in [6, 6.07) is 6.70. The number of esters is 1. The predicted molar refractivity (Wildman–Crippen MR) is 100.0 cm³/mol. The molecule has 1 aliphatic rings. The largest absolute Gasteiger partial charge is 0.478 e. The number of carboxylic acid groups (broad SMARTS) is 1. The molecule has 1 aromatic rings. The highest BCUT2D eigenvalue weighted by Crippen LogP contribution is 2.24. The third-order valence-corrected chi connectivity index (χ3v) is 4.37. The van der Waals surface area contributed by atoms with Gasteiger partial charge in [-0.1, -0.05) is 18.2 Å². The molecule has 26 heavy (non-hydrogen) atoms. The van der Waals surface area contributed by atoms with Gasteiger partial charge in [-0.05, 0) is 62.3 Å². The maximum Gasteiger partial charge on any atom is 0.338 e. The fourth-order valence-electron chi connectivity index (χ4n) is 2.91. The normalized spacial score (nSPS) is 20.0. The van der Waals surface area contributed by atoms with Crippen LogP contribution in [0.2, 0.25) is 0 Å². The molecule has 5 nitrogen and oxygen atoms in total. The van der Waals surface area contributed by atoms with Crippen molar-refractivity contribution in [1.29, 1.82) is 0 Å². The molecule has 0 atom stereocenters. The molecule has 0 amide bonds. The van der Waals surface area contributed by atoms with Crippen LogP contribution in [0.5, 0.6) is 0 Å². The van der Waals surface area contributed by atoms with E-state index in [-0.39, 0.29) is 18.2 Å². The van der Waals surface area contributed by atoms with Crippen LogP contribution in [0.1, 0.15) is 54.4 Å². The first-order valence-electron chi connectivity index (χ1n) is 9.03. The number of unbranched alkanes of at least 4 members (excludes halogenated alkanes) is 1. The Morgan fingerprint density at radius 3 is 2.38 bits per heavy atom. The minimum Gasteiger partial charge on any atom is -0.478 e. The third-order valence-electron chi connectivity index (χ3n) is 4.37. The second-order valence-corrected chi connectivity index (χ2v) is 6.40. The molecule has 0 spiro atoms. The topological polar surface area (TPSA) is 72.8 Å². The zero-order chi connectivity index (χ0) is 18.8. The number of aliphatic carboxylic acids is 1. The van der Waals surface area contributed by atoms with Crippen molar-refractivity contribution < 1.29 is 24.2 Å². The average Bonchev–Trinajstić information content (AvgIpc) is 2.65. The fourth-order valence-corrected chi connectivity index (χ4v) is 2.91. The van der Waals surface area contributed by atoms with Gasteiger partial charge < -0.3 is 14.6 Å². The number of benzene rings is 1. The Bertz CT molecular complexity index is 624. The van der Waals surface area contributed by atoms with Crippen molar-refractivity contribution in [1.82, 2.24) is 0 Å². The molecule has 0 aliphatic heterocycles. The molecule has 0 aromatic heterocycles. The first-order chi connectivity index (χ1) is 12.6. The van der Waals surface area contributed by atoms with Crippen LogP contribution in [0.15, 0.2) is 43.0 Å². The van der Waals surface area contributed by atoms with Gasteiger partial charge >= 0.3 is 11.9 Å². The van der Waals surface area contributed by atoms with Crippen molar-refractivity contribution in [3.63, 3.8) is 0 Å². The van der Waals surface area contributed by atoms with Gasteiger partial charge in [-0.25, -0.2) is 9.59 Å². The molecule has 0 unspecified atom stereocenters. The first kappa shape index (κ1) is 19.9. The quantitative estimate of drug-likeness (QED) is 0.309. The van der Waals surface area contributed by atoms with Gasteiger partial charge in [0, 0.05) is 12.7 Å². The molecule has 1 aromatic carbocycles. The van der Waals surface area contributed by atoms with Gasteiger partial charge in [-0.3, -0.25) is 0 Å². The summed E-state index contributed by atoms with van der Waals surface area (Å²) in [7, 11) is 0. The molecule has 140 valence electrons. The average molecular weight is 358 g/mol. The van der Waals surface area contributed by atoms with Crippen molar-refractivity contribution in [2.75, 3.05) is 6.61 Å². The summed E-state index contributed by atoms with van der Waals surface area (Å²) in [5.74, 6) is -1.34. The molecule has 2 rings (SSSR count). The second-order valence-electron chi connectivity index (χ2n) is 6.40. The van der Waals surface area contributed by atoms with Crippen LogP contribution in [0.25, 0.3) is 6.08 Å². The summed E-state index contributed by atoms with van der Waals surface area (Å²) in [5, 5.41) is 8.62. The smallest absolute Gasteiger partial charge is 0.338 e. The maximum atomic E-state index is 12.2. The van der Waals surface area contributed by atoms with Gasteiger partial charge in [-0.2, -0.15) is 0 Å². The van der Waals surface area contributed by atoms with Gasteiger partial charge in [0.15, 0.2) is 0 Å². The lowest BCUT2D eigenvalue weighted by molar-refractivity contribution is -0.131. The zero-order valence-electron chi connectivity index (χ0n) is 14.9. The van der Waals surface area contributed by atoms with Crippen LogP contribution >= 0.6 is 0 Å². The molecular formula is C21H26O5. The minimum absolute atomic E-state index is 0.0675. The van der Waals surface area contributed by atoms with Crippen LogP contribution < -0.4 is 0 Å². The zero-order valence-corrected chi connectivity index (χ0v) is 14.9. The maximum absolute atomic E-state index is 12.2. The SMILES string of the molecule is C=CCCCOC1CCC(OC(=O)c2ccc(/C=C/C(=O)O)cc2)CC1. The van der Waals surface area contributed by atoms with Crippen LogP contribution in [0.4, 0.5) is 0 Å². The number of ether oxygens (including phenoxy) is 2. The summed E-state index contributed by atoms with van der Waals surface area (Å²) in [4.78, 5) is 22.7. The number of rotatable bonds is 9. The number of hydrogen-bond acceptors (Lipinski definition) is 4. The summed E-state index contributed by atoms with van der Waals surface area (Å²) in [5.41, 5.74) is 1.19. The first-order valence-corrected chi connectivity index (χ1v) is 9.03.